The summed E-state index contributed by atoms with van der Waals surface area (Å²) in [6, 6.07) is 6.69. The maximum absolute atomic E-state index is 12.7. The Bertz CT molecular complexity index is 844. The first kappa shape index (κ1) is 23.4. The Kier molecular flexibility index (Phi) is 10.6. The first-order valence-electron chi connectivity index (χ1n) is 9.07. The van der Waals surface area contributed by atoms with Crippen LogP contribution >= 0.6 is 0 Å². The quantitative estimate of drug-likeness (QED) is 0.187. The minimum absolute atomic E-state index is 0.00290. The molecule has 150 valence electrons. The second-order valence-electron chi connectivity index (χ2n) is 5.90. The number of carbonyl (C=O) groups is 1. The van der Waals surface area contributed by atoms with Crippen molar-refractivity contribution >= 4 is 16.0 Å². The molecule has 0 spiro atoms. The topological polar surface area (TPSA) is 63.7 Å². The van der Waals surface area contributed by atoms with E-state index in [0.29, 0.717) is 13.0 Å². The van der Waals surface area contributed by atoms with Gasteiger partial charge in [-0.05, 0) is 38.8 Å². The summed E-state index contributed by atoms with van der Waals surface area (Å²) in [4.78, 5) is 11.4. The van der Waals surface area contributed by atoms with Crippen molar-refractivity contribution in [1.29, 1.82) is 0 Å². The molecular formula is C22H27NO4S. The monoisotopic (exact) mass is 401 g/mol. The van der Waals surface area contributed by atoms with E-state index in [0.717, 1.165) is 12.0 Å². The molecule has 0 radical (unpaired) electrons. The van der Waals surface area contributed by atoms with E-state index in [1.165, 1.54) is 10.4 Å². The van der Waals surface area contributed by atoms with Crippen molar-refractivity contribution in [1.82, 2.24) is 4.31 Å². The third-order valence-electron chi connectivity index (χ3n) is 3.66. The van der Waals surface area contributed by atoms with Gasteiger partial charge in [-0.25, -0.2) is 13.2 Å². The zero-order valence-electron chi connectivity index (χ0n) is 16.4. The fourth-order valence-corrected chi connectivity index (χ4v) is 3.51. The van der Waals surface area contributed by atoms with Crippen LogP contribution in [-0.4, -0.2) is 38.4 Å². The molecule has 1 aromatic carbocycles. The molecule has 0 amide bonds. The van der Waals surface area contributed by atoms with Crippen molar-refractivity contribution in [3.05, 3.63) is 66.3 Å². The summed E-state index contributed by atoms with van der Waals surface area (Å²) in [5.74, 6) is 2.06. The van der Waals surface area contributed by atoms with Gasteiger partial charge in [-0.1, -0.05) is 54.0 Å². The summed E-state index contributed by atoms with van der Waals surface area (Å²) < 4.78 is 31.5. The second kappa shape index (κ2) is 12.7. The smallest absolute Gasteiger partial charge is 0.330 e. The van der Waals surface area contributed by atoms with Crippen LogP contribution in [0.3, 0.4) is 0 Å². The van der Waals surface area contributed by atoms with Crippen LogP contribution in [0.15, 0.2) is 65.6 Å². The van der Waals surface area contributed by atoms with Gasteiger partial charge in [0.2, 0.25) is 10.0 Å². The molecule has 0 bridgehead atoms. The molecule has 1 aromatic rings. The van der Waals surface area contributed by atoms with Gasteiger partial charge in [-0.15, -0.1) is 6.42 Å². The molecule has 0 N–H and O–H groups in total. The number of unbranched alkanes of at least 4 members (excludes halogenated alkanes) is 1. The summed E-state index contributed by atoms with van der Waals surface area (Å²) in [5, 5.41) is 0. The van der Waals surface area contributed by atoms with Gasteiger partial charge >= 0.3 is 5.97 Å². The van der Waals surface area contributed by atoms with Crippen LogP contribution in [0.25, 0.3) is 0 Å². The zero-order chi connectivity index (χ0) is 20.8. The van der Waals surface area contributed by atoms with Crippen LogP contribution in [0.5, 0.6) is 0 Å². The summed E-state index contributed by atoms with van der Waals surface area (Å²) in [6.07, 6.45) is 17.3. The van der Waals surface area contributed by atoms with Crippen LogP contribution in [0.2, 0.25) is 0 Å². The van der Waals surface area contributed by atoms with Crippen molar-refractivity contribution in [2.45, 2.75) is 31.6 Å². The summed E-state index contributed by atoms with van der Waals surface area (Å²) in [6.45, 7) is 4.22. The lowest BCUT2D eigenvalue weighted by atomic mass is 10.2. The number of terminal acetylenes is 1. The van der Waals surface area contributed by atoms with Gasteiger partial charge < -0.3 is 4.74 Å². The highest BCUT2D eigenvalue weighted by Gasteiger charge is 2.22. The van der Waals surface area contributed by atoms with Gasteiger partial charge in [0.15, 0.2) is 0 Å². The number of rotatable bonds is 11. The maximum Gasteiger partial charge on any atom is 0.330 e. The van der Waals surface area contributed by atoms with Gasteiger partial charge in [0.25, 0.3) is 0 Å². The van der Waals surface area contributed by atoms with Gasteiger partial charge in [0, 0.05) is 12.6 Å². The Labute approximate surface area is 168 Å². The molecule has 0 fully saturated rings. The van der Waals surface area contributed by atoms with Gasteiger partial charge in [-0.2, -0.15) is 4.31 Å². The molecule has 0 saturated carbocycles. The molecule has 0 unspecified atom stereocenters. The Hall–Kier alpha value is -2.62. The minimum Gasteiger partial charge on any atom is -0.463 e. The number of benzene rings is 1. The van der Waals surface area contributed by atoms with Crippen LogP contribution in [0.1, 0.15) is 25.3 Å². The average Bonchev–Trinajstić information content (AvgIpc) is 2.66. The van der Waals surface area contributed by atoms with E-state index in [4.69, 9.17) is 11.2 Å². The fraction of sp³-hybridized carbons (Fsp3) is 0.318. The molecule has 6 heteroatoms. The fourth-order valence-electron chi connectivity index (χ4n) is 2.20. The van der Waals surface area contributed by atoms with Crippen molar-refractivity contribution < 1.29 is 17.9 Å². The number of allylic oxidation sites excluding steroid dienone is 4. The lowest BCUT2D eigenvalue weighted by molar-refractivity contribution is -0.137. The molecule has 5 nitrogen and oxygen atoms in total. The highest BCUT2D eigenvalue weighted by Crippen LogP contribution is 2.16. The van der Waals surface area contributed by atoms with E-state index in [1.807, 2.05) is 19.1 Å². The van der Waals surface area contributed by atoms with Crippen LogP contribution in [-0.2, 0) is 19.6 Å². The maximum atomic E-state index is 12.7. The lowest BCUT2D eigenvalue weighted by Gasteiger charge is -2.18. The molecule has 0 heterocycles. The third-order valence-corrected chi connectivity index (χ3v) is 5.49. The summed E-state index contributed by atoms with van der Waals surface area (Å²) >= 11 is 0. The van der Waals surface area contributed by atoms with Gasteiger partial charge in [0.1, 0.15) is 0 Å². The normalized spacial score (nSPS) is 12.2. The minimum atomic E-state index is -3.64. The average molecular weight is 402 g/mol. The Morgan fingerprint density at radius 2 is 1.79 bits per heavy atom. The van der Waals surface area contributed by atoms with Crippen LogP contribution < -0.4 is 0 Å². The van der Waals surface area contributed by atoms with E-state index >= 15 is 0 Å². The predicted molar refractivity (Wildman–Crippen MR) is 112 cm³/mol. The number of sulfonamides is 1. The highest BCUT2D eigenvalue weighted by molar-refractivity contribution is 7.89. The lowest BCUT2D eigenvalue weighted by Crippen LogP contribution is -2.31. The number of hydrogen-bond donors (Lipinski definition) is 0. The van der Waals surface area contributed by atoms with E-state index in [1.54, 1.807) is 49.4 Å². The van der Waals surface area contributed by atoms with E-state index in [9.17, 15) is 13.2 Å². The van der Waals surface area contributed by atoms with Gasteiger partial charge in [-0.3, -0.25) is 0 Å². The molecule has 0 aromatic heterocycles. The molecule has 28 heavy (non-hydrogen) atoms. The number of aryl methyl sites for hydroxylation is 1. The predicted octanol–water partition coefficient (Wildman–Crippen LogP) is 3.63. The number of esters is 1. The number of nitrogens with zero attached hydrogens (tertiary/aromatic N) is 1. The molecule has 0 aliphatic heterocycles. The van der Waals surface area contributed by atoms with E-state index in [2.05, 4.69) is 5.92 Å². The Morgan fingerprint density at radius 3 is 2.43 bits per heavy atom. The van der Waals surface area contributed by atoms with Crippen molar-refractivity contribution in [2.75, 3.05) is 19.7 Å². The third kappa shape index (κ3) is 8.38. The second-order valence-corrected chi connectivity index (χ2v) is 7.84. The number of ether oxygens (including phenoxy) is 1. The standard InChI is InChI=1S/C22H27NO4S/c1-4-18-23(28(25,26)21-16-14-20(3)15-17-21)19-12-10-8-6-7-9-11-13-22(24)27-5-2/h1,6,8,10-17H,5,7,9,18-19H2,2-3H3/b8-6+,12-10+,13-11+. The van der Waals surface area contributed by atoms with Crippen molar-refractivity contribution in [3.8, 4) is 12.3 Å². The summed E-state index contributed by atoms with van der Waals surface area (Å²) in [7, 11) is -3.64. The molecule has 0 aliphatic carbocycles. The summed E-state index contributed by atoms with van der Waals surface area (Å²) in [5.41, 5.74) is 0.990. The highest BCUT2D eigenvalue weighted by atomic mass is 32.2. The molecule has 0 saturated heterocycles. The van der Waals surface area contributed by atoms with Crippen molar-refractivity contribution in [2.24, 2.45) is 0 Å². The SMILES string of the molecule is C#CCN(C/C=C/C=C/CC/C=C/C(=O)OCC)S(=O)(=O)c1ccc(C)cc1. The van der Waals surface area contributed by atoms with Gasteiger partial charge in [0.05, 0.1) is 18.0 Å². The number of hydrogen-bond acceptors (Lipinski definition) is 4. The largest absolute Gasteiger partial charge is 0.463 e. The number of carbonyl (C=O) groups excluding carboxylic acids is 1. The molecule has 0 atom stereocenters. The van der Waals surface area contributed by atoms with Crippen molar-refractivity contribution in [3.63, 3.8) is 0 Å². The Balaban J connectivity index is 2.55. The van der Waals surface area contributed by atoms with Crippen LogP contribution in [0, 0.1) is 19.3 Å². The Morgan fingerprint density at radius 1 is 1.14 bits per heavy atom. The molecule has 1 rings (SSSR count). The molecule has 0 aliphatic rings. The first-order valence-corrected chi connectivity index (χ1v) is 10.5. The molecular weight excluding hydrogens is 374 g/mol. The zero-order valence-corrected chi connectivity index (χ0v) is 17.2. The van der Waals surface area contributed by atoms with E-state index in [-0.39, 0.29) is 24.0 Å². The van der Waals surface area contributed by atoms with Crippen LogP contribution in [0.4, 0.5) is 0 Å². The first-order chi connectivity index (χ1) is 13.4. The van der Waals surface area contributed by atoms with E-state index < -0.39 is 10.0 Å².